The van der Waals surface area contributed by atoms with Gasteiger partial charge in [-0.3, -0.25) is 4.79 Å². The largest absolute Gasteiger partial charge is 0.493 e. The van der Waals surface area contributed by atoms with Gasteiger partial charge in [-0.25, -0.2) is 0 Å². The van der Waals surface area contributed by atoms with Crippen molar-refractivity contribution in [3.8, 4) is 22.6 Å². The fraction of sp³-hybridized carbons (Fsp3) is 0.179. The fourth-order valence-electron chi connectivity index (χ4n) is 3.82. The number of nitrogens with one attached hydrogen (secondary N) is 1. The van der Waals surface area contributed by atoms with Gasteiger partial charge in [-0.05, 0) is 77.2 Å². The predicted octanol–water partition coefficient (Wildman–Crippen LogP) is 6.65. The Hall–Kier alpha value is -3.79. The molecular formula is C28H27NO3. The van der Waals surface area contributed by atoms with Crippen LogP contribution in [0.15, 0.2) is 72.8 Å². The Morgan fingerprint density at radius 1 is 0.844 bits per heavy atom. The highest BCUT2D eigenvalue weighted by Gasteiger charge is 2.15. The van der Waals surface area contributed by atoms with E-state index in [0.717, 1.165) is 34.0 Å². The van der Waals surface area contributed by atoms with Crippen molar-refractivity contribution in [2.45, 2.75) is 20.3 Å². The topological polar surface area (TPSA) is 47.6 Å². The number of anilines is 1. The molecule has 0 unspecified atom stereocenters. The molecule has 0 heterocycles. The van der Waals surface area contributed by atoms with Crippen molar-refractivity contribution in [1.29, 1.82) is 0 Å². The van der Waals surface area contributed by atoms with Crippen LogP contribution in [-0.4, -0.2) is 20.1 Å². The molecule has 32 heavy (non-hydrogen) atoms. The van der Waals surface area contributed by atoms with E-state index in [4.69, 9.17) is 9.47 Å². The minimum atomic E-state index is -0.153. The van der Waals surface area contributed by atoms with E-state index in [1.54, 1.807) is 14.2 Å². The molecule has 162 valence electrons. The molecule has 0 spiro atoms. The summed E-state index contributed by atoms with van der Waals surface area (Å²) >= 11 is 0. The summed E-state index contributed by atoms with van der Waals surface area (Å²) < 4.78 is 11.0. The second-order valence-corrected chi connectivity index (χ2v) is 7.82. The number of amides is 1. The van der Waals surface area contributed by atoms with E-state index in [1.807, 2.05) is 48.5 Å². The van der Waals surface area contributed by atoms with Gasteiger partial charge < -0.3 is 14.8 Å². The van der Waals surface area contributed by atoms with Crippen molar-refractivity contribution >= 4 is 22.4 Å². The van der Waals surface area contributed by atoms with Gasteiger partial charge in [0.15, 0.2) is 11.5 Å². The van der Waals surface area contributed by atoms with Crippen LogP contribution in [-0.2, 0) is 6.42 Å². The Morgan fingerprint density at radius 3 is 2.12 bits per heavy atom. The third kappa shape index (κ3) is 4.30. The van der Waals surface area contributed by atoms with Gasteiger partial charge in [0, 0.05) is 11.3 Å². The maximum absolute atomic E-state index is 13.2. The molecule has 1 N–H and O–H groups in total. The first kappa shape index (κ1) is 21.4. The van der Waals surface area contributed by atoms with Gasteiger partial charge >= 0.3 is 0 Å². The maximum atomic E-state index is 13.2. The van der Waals surface area contributed by atoms with Crippen LogP contribution in [0, 0.1) is 6.92 Å². The minimum Gasteiger partial charge on any atom is -0.493 e. The molecule has 4 nitrogen and oxygen atoms in total. The second-order valence-electron chi connectivity index (χ2n) is 7.82. The number of rotatable bonds is 6. The zero-order chi connectivity index (χ0) is 22.7. The molecule has 0 saturated carbocycles. The number of ether oxygens (including phenoxy) is 2. The van der Waals surface area contributed by atoms with E-state index >= 15 is 0 Å². The molecule has 0 fully saturated rings. The fourth-order valence-corrected chi connectivity index (χ4v) is 3.82. The van der Waals surface area contributed by atoms with Crippen LogP contribution in [0.2, 0.25) is 0 Å². The number of fused-ring (bicyclic) bond motifs is 1. The molecule has 0 aliphatic rings. The number of methoxy groups -OCH3 is 2. The number of hydrogen-bond acceptors (Lipinski definition) is 3. The van der Waals surface area contributed by atoms with Crippen LogP contribution < -0.4 is 14.8 Å². The highest BCUT2D eigenvalue weighted by Crippen LogP contribution is 2.38. The van der Waals surface area contributed by atoms with Crippen LogP contribution in [0.1, 0.15) is 28.4 Å². The van der Waals surface area contributed by atoms with E-state index in [1.165, 1.54) is 11.1 Å². The van der Waals surface area contributed by atoms with Crippen LogP contribution in [0.5, 0.6) is 11.5 Å². The van der Waals surface area contributed by atoms with Crippen LogP contribution in [0.4, 0.5) is 5.69 Å². The SMILES string of the molecule is CCc1ccc(NC(=O)c2cc(-c3ccc(C)cc3)c3cc(OC)c(OC)cc3c2)cc1. The van der Waals surface area contributed by atoms with Crippen molar-refractivity contribution in [3.63, 3.8) is 0 Å². The first-order valence-corrected chi connectivity index (χ1v) is 10.7. The lowest BCUT2D eigenvalue weighted by molar-refractivity contribution is 0.102. The average molecular weight is 426 g/mol. The summed E-state index contributed by atoms with van der Waals surface area (Å²) in [6.45, 7) is 4.17. The van der Waals surface area contributed by atoms with Gasteiger partial charge in [-0.1, -0.05) is 48.9 Å². The summed E-state index contributed by atoms with van der Waals surface area (Å²) in [6, 6.07) is 24.0. The van der Waals surface area contributed by atoms with E-state index in [0.29, 0.717) is 17.1 Å². The lowest BCUT2D eigenvalue weighted by Crippen LogP contribution is -2.12. The molecule has 0 saturated heterocycles. The molecule has 0 aliphatic heterocycles. The standard InChI is InChI=1S/C28H27NO3/c1-5-19-8-12-23(13-9-19)29-28(30)22-14-21-16-26(31-3)27(32-4)17-25(21)24(15-22)20-10-6-18(2)7-11-20/h6-17H,5H2,1-4H3,(H,29,30). The van der Waals surface area contributed by atoms with Gasteiger partial charge in [0.25, 0.3) is 5.91 Å². The Morgan fingerprint density at radius 2 is 1.50 bits per heavy atom. The van der Waals surface area contributed by atoms with Crippen molar-refractivity contribution < 1.29 is 14.3 Å². The van der Waals surface area contributed by atoms with Gasteiger partial charge in [0.1, 0.15) is 0 Å². The number of benzene rings is 4. The van der Waals surface area contributed by atoms with Crippen molar-refractivity contribution in [2.24, 2.45) is 0 Å². The summed E-state index contributed by atoms with van der Waals surface area (Å²) in [6.07, 6.45) is 0.962. The Balaban J connectivity index is 1.83. The molecule has 0 bridgehead atoms. The summed E-state index contributed by atoms with van der Waals surface area (Å²) in [5.74, 6) is 1.13. The molecule has 1 amide bonds. The molecule has 4 rings (SSSR count). The summed E-state index contributed by atoms with van der Waals surface area (Å²) in [5.41, 5.74) is 5.78. The molecular weight excluding hydrogens is 398 g/mol. The van der Waals surface area contributed by atoms with Crippen molar-refractivity contribution in [3.05, 3.63) is 89.5 Å². The Bertz CT molecular complexity index is 1260. The summed E-state index contributed by atoms with van der Waals surface area (Å²) in [7, 11) is 3.24. The zero-order valence-electron chi connectivity index (χ0n) is 18.9. The highest BCUT2D eigenvalue weighted by molar-refractivity contribution is 6.10. The van der Waals surface area contributed by atoms with E-state index in [-0.39, 0.29) is 5.91 Å². The maximum Gasteiger partial charge on any atom is 0.255 e. The van der Waals surface area contributed by atoms with Crippen LogP contribution >= 0.6 is 0 Å². The lowest BCUT2D eigenvalue weighted by Gasteiger charge is -2.15. The van der Waals surface area contributed by atoms with E-state index < -0.39 is 0 Å². The Kier molecular flexibility index (Phi) is 6.13. The number of carbonyl (C=O) groups excluding carboxylic acids is 1. The van der Waals surface area contributed by atoms with Crippen molar-refractivity contribution in [2.75, 3.05) is 19.5 Å². The molecule has 0 aliphatic carbocycles. The Labute approximate surface area is 188 Å². The van der Waals surface area contributed by atoms with E-state index in [9.17, 15) is 4.79 Å². The molecule has 4 heteroatoms. The minimum absolute atomic E-state index is 0.153. The molecule has 0 radical (unpaired) electrons. The predicted molar refractivity (Wildman–Crippen MR) is 131 cm³/mol. The summed E-state index contributed by atoms with van der Waals surface area (Å²) in [5, 5.41) is 4.92. The van der Waals surface area contributed by atoms with E-state index in [2.05, 4.69) is 43.4 Å². The van der Waals surface area contributed by atoms with Crippen LogP contribution in [0.3, 0.4) is 0 Å². The lowest BCUT2D eigenvalue weighted by atomic mass is 9.94. The highest BCUT2D eigenvalue weighted by atomic mass is 16.5. The van der Waals surface area contributed by atoms with Gasteiger partial charge in [-0.2, -0.15) is 0 Å². The smallest absolute Gasteiger partial charge is 0.255 e. The number of aryl methyl sites for hydroxylation is 2. The summed E-state index contributed by atoms with van der Waals surface area (Å²) in [4.78, 5) is 13.2. The molecule has 0 atom stereocenters. The monoisotopic (exact) mass is 425 g/mol. The molecule has 0 aromatic heterocycles. The number of carbonyl (C=O) groups is 1. The normalized spacial score (nSPS) is 10.8. The van der Waals surface area contributed by atoms with Gasteiger partial charge in [0.2, 0.25) is 0 Å². The molecule has 4 aromatic rings. The average Bonchev–Trinajstić information content (AvgIpc) is 2.83. The number of hydrogen-bond donors (Lipinski definition) is 1. The first-order valence-electron chi connectivity index (χ1n) is 10.7. The van der Waals surface area contributed by atoms with Gasteiger partial charge in [0.05, 0.1) is 14.2 Å². The quantitative estimate of drug-likeness (QED) is 0.376. The van der Waals surface area contributed by atoms with Gasteiger partial charge in [-0.15, -0.1) is 0 Å². The third-order valence-corrected chi connectivity index (χ3v) is 5.70. The third-order valence-electron chi connectivity index (χ3n) is 5.70. The van der Waals surface area contributed by atoms with Crippen molar-refractivity contribution in [1.82, 2.24) is 0 Å². The first-order chi connectivity index (χ1) is 15.5. The van der Waals surface area contributed by atoms with Crippen LogP contribution in [0.25, 0.3) is 21.9 Å². The second kappa shape index (κ2) is 9.15. The molecule has 4 aromatic carbocycles. The zero-order valence-corrected chi connectivity index (χ0v) is 18.9.